The van der Waals surface area contributed by atoms with Crippen molar-refractivity contribution in [3.63, 3.8) is 0 Å². The molecule has 0 radical (unpaired) electrons. The summed E-state index contributed by atoms with van der Waals surface area (Å²) in [5, 5.41) is -0.365. The lowest BCUT2D eigenvalue weighted by atomic mass is 9.93. The van der Waals surface area contributed by atoms with Crippen LogP contribution < -0.4 is 4.74 Å². The number of hydrogen-bond acceptors (Lipinski definition) is 5. The highest BCUT2D eigenvalue weighted by Gasteiger charge is 2.44. The second-order valence-electron chi connectivity index (χ2n) is 8.63. The maximum absolute atomic E-state index is 12.6. The Morgan fingerprint density at radius 3 is 2.41 bits per heavy atom. The van der Waals surface area contributed by atoms with Crippen LogP contribution in [0.4, 0.5) is 0 Å². The summed E-state index contributed by atoms with van der Waals surface area (Å²) in [6, 6.07) is 8.43. The van der Waals surface area contributed by atoms with Gasteiger partial charge in [-0.1, -0.05) is 12.1 Å². The van der Waals surface area contributed by atoms with Gasteiger partial charge in [0.2, 0.25) is 10.0 Å². The first-order valence-corrected chi connectivity index (χ1v) is 11.2. The summed E-state index contributed by atoms with van der Waals surface area (Å²) in [5.41, 5.74) is 1.28. The molecule has 2 aliphatic heterocycles. The van der Waals surface area contributed by atoms with Crippen LogP contribution in [0.3, 0.4) is 0 Å². The molecule has 2 heterocycles. The van der Waals surface area contributed by atoms with Gasteiger partial charge in [0.15, 0.2) is 0 Å². The molecule has 0 aromatic heterocycles. The van der Waals surface area contributed by atoms with Gasteiger partial charge in [-0.05, 0) is 45.4 Å². The van der Waals surface area contributed by atoms with Gasteiger partial charge in [0.05, 0.1) is 12.4 Å². The fourth-order valence-electron chi connectivity index (χ4n) is 4.42. The summed E-state index contributed by atoms with van der Waals surface area (Å²) >= 11 is 0. The van der Waals surface area contributed by atoms with Crippen LogP contribution in [0.5, 0.6) is 5.75 Å². The zero-order chi connectivity index (χ0) is 19.8. The van der Waals surface area contributed by atoms with Gasteiger partial charge in [0.1, 0.15) is 5.75 Å². The van der Waals surface area contributed by atoms with E-state index in [2.05, 4.69) is 35.8 Å². The highest BCUT2D eigenvalue weighted by molar-refractivity contribution is 7.89. The monoisotopic (exact) mass is 395 g/mol. The van der Waals surface area contributed by atoms with E-state index in [9.17, 15) is 8.42 Å². The van der Waals surface area contributed by atoms with E-state index in [-0.39, 0.29) is 16.8 Å². The van der Waals surface area contributed by atoms with Crippen LogP contribution in [0, 0.1) is 0 Å². The van der Waals surface area contributed by atoms with Crippen molar-refractivity contribution < 1.29 is 13.2 Å². The molecule has 0 amide bonds. The van der Waals surface area contributed by atoms with Gasteiger partial charge < -0.3 is 4.74 Å². The molecular weight excluding hydrogens is 362 g/mol. The maximum atomic E-state index is 12.6. The summed E-state index contributed by atoms with van der Waals surface area (Å²) in [6.45, 7) is 12.8. The number of nitrogens with zero attached hydrogens (tertiary/aromatic N) is 3. The van der Waals surface area contributed by atoms with Crippen molar-refractivity contribution in [2.75, 3.05) is 39.8 Å². The zero-order valence-electron chi connectivity index (χ0n) is 17.2. The van der Waals surface area contributed by atoms with Crippen LogP contribution in [-0.4, -0.2) is 79.2 Å². The Bertz CT molecular complexity index is 746. The predicted octanol–water partition coefficient (Wildman–Crippen LogP) is 2.01. The number of rotatable bonds is 5. The predicted molar refractivity (Wildman–Crippen MR) is 108 cm³/mol. The topological polar surface area (TPSA) is 53.1 Å². The maximum Gasteiger partial charge on any atom is 0.216 e. The van der Waals surface area contributed by atoms with E-state index in [1.807, 2.05) is 12.1 Å². The molecule has 7 heteroatoms. The van der Waals surface area contributed by atoms with Gasteiger partial charge in [-0.25, -0.2) is 8.42 Å². The minimum Gasteiger partial charge on any atom is -0.497 e. The van der Waals surface area contributed by atoms with Gasteiger partial charge in [-0.15, -0.1) is 0 Å². The Morgan fingerprint density at radius 2 is 1.81 bits per heavy atom. The molecule has 1 aromatic carbocycles. The van der Waals surface area contributed by atoms with Crippen molar-refractivity contribution in [2.45, 2.75) is 51.1 Å². The number of sulfonamides is 1. The smallest absolute Gasteiger partial charge is 0.216 e. The molecule has 2 aliphatic rings. The second-order valence-corrected chi connectivity index (χ2v) is 11.1. The van der Waals surface area contributed by atoms with E-state index < -0.39 is 10.0 Å². The van der Waals surface area contributed by atoms with Crippen molar-refractivity contribution in [1.82, 2.24) is 14.1 Å². The van der Waals surface area contributed by atoms with E-state index in [1.54, 1.807) is 25.3 Å². The van der Waals surface area contributed by atoms with Crippen LogP contribution in [0.2, 0.25) is 0 Å². The zero-order valence-corrected chi connectivity index (χ0v) is 18.0. The first kappa shape index (κ1) is 20.6. The summed E-state index contributed by atoms with van der Waals surface area (Å²) in [7, 11) is -1.52. The third-order valence-electron chi connectivity index (χ3n) is 5.82. The highest BCUT2D eigenvalue weighted by Crippen LogP contribution is 2.30. The van der Waals surface area contributed by atoms with Gasteiger partial charge in [-0.2, -0.15) is 4.31 Å². The molecule has 27 heavy (non-hydrogen) atoms. The average Bonchev–Trinajstić information content (AvgIpc) is 2.61. The molecule has 0 aliphatic carbocycles. The van der Waals surface area contributed by atoms with Crippen molar-refractivity contribution in [1.29, 1.82) is 0 Å². The van der Waals surface area contributed by atoms with Crippen LogP contribution in [-0.2, 0) is 16.6 Å². The molecule has 0 N–H and O–H groups in total. The van der Waals surface area contributed by atoms with Crippen molar-refractivity contribution in [3.8, 4) is 5.75 Å². The molecule has 2 saturated heterocycles. The third kappa shape index (κ3) is 4.31. The molecule has 0 spiro atoms. The number of methoxy groups -OCH3 is 1. The van der Waals surface area contributed by atoms with Crippen LogP contribution in [0.15, 0.2) is 24.3 Å². The van der Waals surface area contributed by atoms with Gasteiger partial charge in [0, 0.05) is 50.8 Å². The molecule has 0 bridgehead atoms. The highest BCUT2D eigenvalue weighted by atomic mass is 32.2. The number of benzene rings is 1. The summed E-state index contributed by atoms with van der Waals surface area (Å²) in [5.74, 6) is 0.866. The number of hydrogen-bond donors (Lipinski definition) is 0. The van der Waals surface area contributed by atoms with Crippen molar-refractivity contribution >= 4 is 10.0 Å². The van der Waals surface area contributed by atoms with E-state index in [1.165, 1.54) is 5.56 Å². The van der Waals surface area contributed by atoms with E-state index in [0.717, 1.165) is 31.9 Å². The first-order valence-electron chi connectivity index (χ1n) is 9.74. The normalized spacial score (nSPS) is 24.7. The Hall–Kier alpha value is -1.15. The number of fused-ring (bicyclic) bond motifs is 1. The van der Waals surface area contributed by atoms with Crippen LogP contribution in [0.25, 0.3) is 0 Å². The van der Waals surface area contributed by atoms with E-state index in [0.29, 0.717) is 13.1 Å². The Morgan fingerprint density at radius 1 is 1.15 bits per heavy atom. The van der Waals surface area contributed by atoms with Crippen LogP contribution in [0.1, 0.15) is 33.3 Å². The fraction of sp³-hybridized carbons (Fsp3) is 0.700. The third-order valence-corrected chi connectivity index (χ3v) is 8.07. The quantitative estimate of drug-likeness (QED) is 0.763. The largest absolute Gasteiger partial charge is 0.497 e. The van der Waals surface area contributed by atoms with Gasteiger partial charge >= 0.3 is 0 Å². The molecule has 1 atom stereocenters. The Labute approximate surface area is 164 Å². The lowest BCUT2D eigenvalue weighted by Crippen LogP contribution is -2.70. The molecule has 3 rings (SSSR count). The molecule has 0 unspecified atom stereocenters. The Balaban J connectivity index is 1.73. The fourth-order valence-corrected chi connectivity index (χ4v) is 5.73. The average molecular weight is 396 g/mol. The molecule has 152 valence electrons. The summed E-state index contributed by atoms with van der Waals surface area (Å²) < 4.78 is 32.2. The number of ether oxygens (including phenoxy) is 1. The van der Waals surface area contributed by atoms with Crippen molar-refractivity contribution in [2.24, 2.45) is 0 Å². The van der Waals surface area contributed by atoms with Gasteiger partial charge in [0.25, 0.3) is 0 Å². The minimum atomic E-state index is -3.20. The molecule has 6 nitrogen and oxygen atoms in total. The van der Waals surface area contributed by atoms with E-state index in [4.69, 9.17) is 4.74 Å². The van der Waals surface area contributed by atoms with Crippen molar-refractivity contribution in [3.05, 3.63) is 29.8 Å². The lowest BCUT2D eigenvalue weighted by Gasteiger charge is -2.55. The molecule has 1 aromatic rings. The summed E-state index contributed by atoms with van der Waals surface area (Å²) in [4.78, 5) is 4.96. The minimum absolute atomic E-state index is 0.0308. The second kappa shape index (κ2) is 7.70. The number of piperazine rings is 2. The lowest BCUT2D eigenvalue weighted by molar-refractivity contribution is -0.0534. The van der Waals surface area contributed by atoms with Crippen LogP contribution >= 0.6 is 0 Å². The summed E-state index contributed by atoms with van der Waals surface area (Å²) in [6.07, 6.45) is 0. The van der Waals surface area contributed by atoms with E-state index >= 15 is 0 Å². The first-order chi connectivity index (χ1) is 12.6. The standard InChI is InChI=1S/C20H33N3O3S/c1-16(2)27(24,25)22-10-11-23-18(14-22)13-21(15-20(23,3)4)12-17-6-8-19(26-5)9-7-17/h6-9,16,18H,10-15H2,1-5H3/t18-/m1/s1. The Kier molecular flexibility index (Phi) is 5.87. The van der Waals surface area contributed by atoms with Gasteiger partial charge in [-0.3, -0.25) is 9.80 Å². The molecule has 0 saturated carbocycles. The molecular formula is C20H33N3O3S. The molecule has 2 fully saturated rings. The SMILES string of the molecule is COc1ccc(CN2C[C@@H]3CN(S(=O)(=O)C(C)C)CCN3C(C)(C)C2)cc1.